The molecule has 0 aliphatic heterocycles. The summed E-state index contributed by atoms with van der Waals surface area (Å²) < 4.78 is 28.4. The van der Waals surface area contributed by atoms with E-state index in [9.17, 15) is 8.78 Å². The SMILES string of the molecule is Nc1cc[c]c(OC(F)F)c1C1CC1. The smallest absolute Gasteiger partial charge is 0.387 e. The molecule has 75 valence electrons. The molecule has 1 radical (unpaired) electrons. The van der Waals surface area contributed by atoms with Crippen LogP contribution in [0, 0.1) is 6.07 Å². The van der Waals surface area contributed by atoms with Gasteiger partial charge in [-0.05, 0) is 30.9 Å². The number of halogens is 2. The predicted octanol–water partition coefficient (Wildman–Crippen LogP) is 2.55. The average molecular weight is 198 g/mol. The van der Waals surface area contributed by atoms with Gasteiger partial charge in [-0.1, -0.05) is 0 Å². The van der Waals surface area contributed by atoms with Crippen molar-refractivity contribution < 1.29 is 13.5 Å². The van der Waals surface area contributed by atoms with Gasteiger partial charge < -0.3 is 10.5 Å². The number of nitrogens with two attached hydrogens (primary N) is 1. The van der Waals surface area contributed by atoms with Crippen molar-refractivity contribution in [2.45, 2.75) is 25.4 Å². The first-order valence-corrected chi connectivity index (χ1v) is 4.43. The van der Waals surface area contributed by atoms with Crippen molar-refractivity contribution in [1.82, 2.24) is 0 Å². The fourth-order valence-electron chi connectivity index (χ4n) is 1.49. The van der Waals surface area contributed by atoms with E-state index in [0.717, 1.165) is 12.8 Å². The molecule has 0 aromatic heterocycles. The van der Waals surface area contributed by atoms with Crippen molar-refractivity contribution in [1.29, 1.82) is 0 Å². The molecule has 4 heteroatoms. The summed E-state index contributed by atoms with van der Waals surface area (Å²) in [5.41, 5.74) is 6.90. The van der Waals surface area contributed by atoms with Crippen LogP contribution in [0.2, 0.25) is 0 Å². The van der Waals surface area contributed by atoms with Crippen molar-refractivity contribution in [3.05, 3.63) is 23.8 Å². The van der Waals surface area contributed by atoms with Crippen LogP contribution in [0.5, 0.6) is 5.75 Å². The second kappa shape index (κ2) is 3.44. The number of nitrogen functional groups attached to an aromatic ring is 1. The summed E-state index contributed by atoms with van der Waals surface area (Å²) in [5.74, 6) is 0.378. The van der Waals surface area contributed by atoms with Gasteiger partial charge in [-0.3, -0.25) is 0 Å². The fraction of sp³-hybridized carbons (Fsp3) is 0.400. The van der Waals surface area contributed by atoms with E-state index in [1.165, 1.54) is 6.07 Å². The van der Waals surface area contributed by atoms with Gasteiger partial charge in [0, 0.05) is 17.3 Å². The van der Waals surface area contributed by atoms with Crippen LogP contribution in [0.4, 0.5) is 14.5 Å². The molecule has 0 heterocycles. The van der Waals surface area contributed by atoms with Gasteiger partial charge in [0.25, 0.3) is 0 Å². The zero-order chi connectivity index (χ0) is 10.1. The van der Waals surface area contributed by atoms with E-state index in [-0.39, 0.29) is 11.7 Å². The number of hydrogen-bond donors (Lipinski definition) is 1. The summed E-state index contributed by atoms with van der Waals surface area (Å²) in [7, 11) is 0. The van der Waals surface area contributed by atoms with Crippen LogP contribution in [0.15, 0.2) is 12.1 Å². The number of hydrogen-bond acceptors (Lipinski definition) is 2. The maximum Gasteiger partial charge on any atom is 0.387 e. The maximum absolute atomic E-state index is 12.0. The highest BCUT2D eigenvalue weighted by Crippen LogP contribution is 2.47. The molecule has 1 aliphatic rings. The van der Waals surface area contributed by atoms with E-state index in [0.29, 0.717) is 11.3 Å². The standard InChI is InChI=1S/C10H10F2NO/c11-10(12)14-8-3-1-2-7(13)9(8)6-4-5-6/h1-2,6,10H,4-5,13H2. The Morgan fingerprint density at radius 1 is 1.50 bits per heavy atom. The lowest BCUT2D eigenvalue weighted by atomic mass is 10.1. The minimum Gasteiger partial charge on any atom is -0.434 e. The van der Waals surface area contributed by atoms with Crippen LogP contribution in [-0.2, 0) is 0 Å². The molecule has 0 amide bonds. The molecule has 0 saturated heterocycles. The number of alkyl halides is 2. The molecule has 0 atom stereocenters. The van der Waals surface area contributed by atoms with Crippen molar-refractivity contribution in [2.75, 3.05) is 5.73 Å². The lowest BCUT2D eigenvalue weighted by molar-refractivity contribution is -0.0505. The van der Waals surface area contributed by atoms with Gasteiger partial charge in [-0.15, -0.1) is 0 Å². The van der Waals surface area contributed by atoms with Gasteiger partial charge in [0.1, 0.15) is 5.75 Å². The van der Waals surface area contributed by atoms with Gasteiger partial charge in [0.15, 0.2) is 0 Å². The summed E-state index contributed by atoms with van der Waals surface area (Å²) in [5, 5.41) is 0. The average Bonchev–Trinajstić information content (AvgIpc) is 2.86. The zero-order valence-electron chi connectivity index (χ0n) is 7.47. The van der Waals surface area contributed by atoms with E-state index in [4.69, 9.17) is 5.73 Å². The fourth-order valence-corrected chi connectivity index (χ4v) is 1.49. The molecule has 14 heavy (non-hydrogen) atoms. The second-order valence-electron chi connectivity index (χ2n) is 3.33. The van der Waals surface area contributed by atoms with Gasteiger partial charge in [0.2, 0.25) is 0 Å². The Morgan fingerprint density at radius 3 is 2.79 bits per heavy atom. The zero-order valence-corrected chi connectivity index (χ0v) is 7.47. The van der Waals surface area contributed by atoms with Crippen LogP contribution < -0.4 is 10.5 Å². The van der Waals surface area contributed by atoms with Crippen molar-refractivity contribution in [3.8, 4) is 5.75 Å². The Hall–Kier alpha value is -1.32. The normalized spacial score (nSPS) is 15.9. The first-order valence-electron chi connectivity index (χ1n) is 4.43. The molecule has 2 rings (SSSR count). The quantitative estimate of drug-likeness (QED) is 0.757. The molecule has 0 unspecified atom stereocenters. The summed E-state index contributed by atoms with van der Waals surface area (Å²) >= 11 is 0. The van der Waals surface area contributed by atoms with Crippen LogP contribution in [0.1, 0.15) is 24.3 Å². The summed E-state index contributed by atoms with van der Waals surface area (Å²) in [6.07, 6.45) is 1.98. The Balaban J connectivity index is 2.32. The van der Waals surface area contributed by atoms with E-state index < -0.39 is 6.61 Å². The third-order valence-electron chi connectivity index (χ3n) is 2.23. The van der Waals surface area contributed by atoms with Gasteiger partial charge in [-0.2, -0.15) is 8.78 Å². The molecule has 1 saturated carbocycles. The number of ether oxygens (including phenoxy) is 1. The van der Waals surface area contributed by atoms with Gasteiger partial charge >= 0.3 is 6.61 Å². The van der Waals surface area contributed by atoms with Crippen molar-refractivity contribution >= 4 is 5.69 Å². The minimum absolute atomic E-state index is 0.0995. The highest BCUT2D eigenvalue weighted by atomic mass is 19.3. The van der Waals surface area contributed by atoms with Crippen LogP contribution in [0.3, 0.4) is 0 Å². The summed E-state index contributed by atoms with van der Waals surface area (Å²) in [6, 6.07) is 5.81. The third kappa shape index (κ3) is 1.78. The molecular formula is C10H10F2NO. The molecule has 2 N–H and O–H groups in total. The van der Waals surface area contributed by atoms with Crippen LogP contribution >= 0.6 is 0 Å². The number of anilines is 1. The van der Waals surface area contributed by atoms with Crippen LogP contribution in [-0.4, -0.2) is 6.61 Å². The maximum atomic E-state index is 12.0. The monoisotopic (exact) mass is 198 g/mol. The second-order valence-corrected chi connectivity index (χ2v) is 3.33. The topological polar surface area (TPSA) is 35.2 Å². The van der Waals surface area contributed by atoms with Crippen LogP contribution in [0.25, 0.3) is 0 Å². The third-order valence-corrected chi connectivity index (χ3v) is 2.23. The largest absolute Gasteiger partial charge is 0.434 e. The predicted molar refractivity (Wildman–Crippen MR) is 48.3 cm³/mol. The first kappa shape index (κ1) is 9.24. The van der Waals surface area contributed by atoms with E-state index >= 15 is 0 Å². The molecule has 1 aromatic rings. The molecule has 0 bridgehead atoms. The van der Waals surface area contributed by atoms with E-state index in [2.05, 4.69) is 10.8 Å². The lowest BCUT2D eigenvalue weighted by Crippen LogP contribution is -2.05. The molecular weight excluding hydrogens is 188 g/mol. The highest BCUT2D eigenvalue weighted by molar-refractivity contribution is 5.57. The number of rotatable bonds is 3. The van der Waals surface area contributed by atoms with Gasteiger partial charge in [-0.25, -0.2) is 0 Å². The minimum atomic E-state index is -2.81. The summed E-state index contributed by atoms with van der Waals surface area (Å²) in [4.78, 5) is 0. The lowest BCUT2D eigenvalue weighted by Gasteiger charge is -2.11. The Bertz CT molecular complexity index is 337. The Kier molecular flexibility index (Phi) is 2.27. The number of benzene rings is 1. The first-order chi connectivity index (χ1) is 6.68. The molecule has 2 nitrogen and oxygen atoms in total. The molecule has 1 aliphatic carbocycles. The van der Waals surface area contributed by atoms with Crippen molar-refractivity contribution in [2.24, 2.45) is 0 Å². The van der Waals surface area contributed by atoms with Gasteiger partial charge in [0.05, 0.1) is 0 Å². The summed E-state index contributed by atoms with van der Waals surface area (Å²) in [6.45, 7) is -2.81. The van der Waals surface area contributed by atoms with E-state index in [1.54, 1.807) is 6.07 Å². The Labute approximate surface area is 80.7 Å². The van der Waals surface area contributed by atoms with Crippen molar-refractivity contribution in [3.63, 3.8) is 0 Å². The Morgan fingerprint density at radius 2 is 2.21 bits per heavy atom. The molecule has 1 fully saturated rings. The molecule has 0 spiro atoms. The molecule has 1 aromatic carbocycles. The van der Waals surface area contributed by atoms with E-state index in [1.807, 2.05) is 0 Å². The highest BCUT2D eigenvalue weighted by Gasteiger charge is 2.29.